The van der Waals surface area contributed by atoms with Crippen molar-refractivity contribution in [2.24, 2.45) is 5.92 Å². The molecule has 0 spiro atoms. The van der Waals surface area contributed by atoms with Gasteiger partial charge in [0.25, 0.3) is 0 Å². The van der Waals surface area contributed by atoms with Crippen LogP contribution in [0.15, 0.2) is 24.3 Å². The molecule has 2 heterocycles. The summed E-state index contributed by atoms with van der Waals surface area (Å²) in [4.78, 5) is 29.8. The molecule has 0 unspecified atom stereocenters. The standard InChI is InChI=1S/C26H41BN2O5/c1-17(2)22(30)28-16-21(29(15-18(28)3)23(31)32-24(4,5)6)19-12-11-13-20(14-19)27-33-25(7,8)26(9,10)34-27/h11-14,17-18,21H,15-16H2,1-10H3/t18-,21+/m1/s1. The number of hydrogen-bond donors (Lipinski definition) is 0. The maximum atomic E-state index is 13.2. The second-order valence-electron chi connectivity index (χ2n) is 11.9. The number of piperazine rings is 1. The average Bonchev–Trinajstić information content (AvgIpc) is 2.93. The van der Waals surface area contributed by atoms with Crippen molar-refractivity contribution < 1.29 is 23.6 Å². The van der Waals surface area contributed by atoms with E-state index in [-0.39, 0.29) is 30.0 Å². The van der Waals surface area contributed by atoms with E-state index in [0.717, 1.165) is 11.0 Å². The Kier molecular flexibility index (Phi) is 7.18. The summed E-state index contributed by atoms with van der Waals surface area (Å²) in [6.07, 6.45) is -0.373. The third-order valence-corrected chi connectivity index (χ3v) is 6.96. The molecule has 7 nitrogen and oxygen atoms in total. The average molecular weight is 472 g/mol. The van der Waals surface area contributed by atoms with E-state index in [0.29, 0.717) is 13.1 Å². The van der Waals surface area contributed by atoms with E-state index >= 15 is 0 Å². The topological polar surface area (TPSA) is 68.3 Å². The first kappa shape index (κ1) is 26.5. The van der Waals surface area contributed by atoms with Crippen molar-refractivity contribution in [3.05, 3.63) is 29.8 Å². The molecule has 34 heavy (non-hydrogen) atoms. The molecule has 2 aliphatic heterocycles. The van der Waals surface area contributed by atoms with Crippen LogP contribution in [-0.2, 0) is 18.8 Å². The molecule has 0 aliphatic carbocycles. The first-order valence-corrected chi connectivity index (χ1v) is 12.3. The molecule has 2 amide bonds. The third kappa shape index (κ3) is 5.43. The monoisotopic (exact) mass is 472 g/mol. The Morgan fingerprint density at radius 3 is 2.18 bits per heavy atom. The molecule has 0 N–H and O–H groups in total. The molecule has 0 bridgehead atoms. The summed E-state index contributed by atoms with van der Waals surface area (Å²) in [6, 6.07) is 7.51. The van der Waals surface area contributed by atoms with Crippen LogP contribution in [0.5, 0.6) is 0 Å². The molecule has 8 heteroatoms. The van der Waals surface area contributed by atoms with Crippen LogP contribution in [-0.4, -0.2) is 64.9 Å². The minimum absolute atomic E-state index is 0.0865. The Morgan fingerprint density at radius 1 is 1.06 bits per heavy atom. The van der Waals surface area contributed by atoms with Crippen LogP contribution in [0.2, 0.25) is 0 Å². The second-order valence-corrected chi connectivity index (χ2v) is 11.9. The quantitative estimate of drug-likeness (QED) is 0.619. The van der Waals surface area contributed by atoms with Crippen LogP contribution < -0.4 is 5.46 Å². The van der Waals surface area contributed by atoms with E-state index in [4.69, 9.17) is 14.0 Å². The summed E-state index contributed by atoms with van der Waals surface area (Å²) in [5, 5.41) is 0. The summed E-state index contributed by atoms with van der Waals surface area (Å²) < 4.78 is 18.2. The van der Waals surface area contributed by atoms with Crippen molar-refractivity contribution in [1.82, 2.24) is 9.80 Å². The highest BCUT2D eigenvalue weighted by atomic mass is 16.7. The smallest absolute Gasteiger partial charge is 0.444 e. The molecule has 2 atom stereocenters. The molecular formula is C26H41BN2O5. The first-order chi connectivity index (χ1) is 15.5. The molecule has 3 rings (SSSR count). The lowest BCUT2D eigenvalue weighted by Crippen LogP contribution is -2.58. The third-order valence-electron chi connectivity index (χ3n) is 6.96. The molecular weight excluding hydrogens is 431 g/mol. The Morgan fingerprint density at radius 2 is 1.65 bits per heavy atom. The normalized spacial score (nSPS) is 24.5. The minimum Gasteiger partial charge on any atom is -0.444 e. The molecule has 0 radical (unpaired) electrons. The first-order valence-electron chi connectivity index (χ1n) is 12.3. The van der Waals surface area contributed by atoms with Gasteiger partial charge in [-0.3, -0.25) is 9.69 Å². The fourth-order valence-electron chi connectivity index (χ4n) is 4.31. The van der Waals surface area contributed by atoms with Crippen LogP contribution >= 0.6 is 0 Å². The number of nitrogens with zero attached hydrogens (tertiary/aromatic N) is 2. The van der Waals surface area contributed by atoms with Gasteiger partial charge in [0.05, 0.1) is 17.2 Å². The molecule has 188 valence electrons. The fraction of sp³-hybridized carbons (Fsp3) is 0.692. The minimum atomic E-state index is -0.611. The van der Waals surface area contributed by atoms with Gasteiger partial charge < -0.3 is 18.9 Å². The Labute approximate surface area is 205 Å². The van der Waals surface area contributed by atoms with E-state index in [2.05, 4.69) is 0 Å². The molecule has 1 aromatic rings. The Hall–Kier alpha value is -2.06. The molecule has 1 aromatic carbocycles. The number of carbonyl (C=O) groups excluding carboxylic acids is 2. The maximum Gasteiger partial charge on any atom is 0.494 e. The van der Waals surface area contributed by atoms with Gasteiger partial charge in [-0.15, -0.1) is 0 Å². The number of benzene rings is 1. The van der Waals surface area contributed by atoms with Crippen LogP contribution in [0.3, 0.4) is 0 Å². The highest BCUT2D eigenvalue weighted by molar-refractivity contribution is 6.62. The fourth-order valence-corrected chi connectivity index (χ4v) is 4.31. The van der Waals surface area contributed by atoms with Gasteiger partial charge in [0.1, 0.15) is 5.60 Å². The van der Waals surface area contributed by atoms with Crippen molar-refractivity contribution in [2.45, 2.75) is 98.1 Å². The van der Waals surface area contributed by atoms with Crippen molar-refractivity contribution in [3.63, 3.8) is 0 Å². The van der Waals surface area contributed by atoms with Crippen molar-refractivity contribution in [3.8, 4) is 0 Å². The number of ether oxygens (including phenoxy) is 1. The Bertz CT molecular complexity index is 908. The van der Waals surface area contributed by atoms with Gasteiger partial charge in [-0.25, -0.2) is 4.79 Å². The maximum absolute atomic E-state index is 13.2. The molecule has 2 saturated heterocycles. The zero-order valence-corrected chi connectivity index (χ0v) is 22.5. The van der Waals surface area contributed by atoms with Gasteiger partial charge in [-0.05, 0) is 66.4 Å². The van der Waals surface area contributed by atoms with E-state index in [1.165, 1.54) is 0 Å². The van der Waals surface area contributed by atoms with Crippen LogP contribution in [0.25, 0.3) is 0 Å². The van der Waals surface area contributed by atoms with E-state index in [1.807, 2.05) is 98.4 Å². The van der Waals surface area contributed by atoms with Gasteiger partial charge in [0.15, 0.2) is 0 Å². The van der Waals surface area contributed by atoms with Crippen LogP contribution in [0.4, 0.5) is 4.79 Å². The summed E-state index contributed by atoms with van der Waals surface area (Å²) >= 11 is 0. The summed E-state index contributed by atoms with van der Waals surface area (Å²) in [6.45, 7) is 20.3. The molecule has 2 fully saturated rings. The lowest BCUT2D eigenvalue weighted by atomic mass is 9.77. The van der Waals surface area contributed by atoms with E-state index in [9.17, 15) is 9.59 Å². The number of amides is 2. The van der Waals surface area contributed by atoms with Gasteiger partial charge in [-0.2, -0.15) is 0 Å². The highest BCUT2D eigenvalue weighted by Crippen LogP contribution is 2.37. The van der Waals surface area contributed by atoms with E-state index < -0.39 is 23.9 Å². The molecule has 0 saturated carbocycles. The molecule has 2 aliphatic rings. The summed E-state index contributed by atoms with van der Waals surface area (Å²) in [7, 11) is -0.504. The zero-order valence-electron chi connectivity index (χ0n) is 22.5. The predicted octanol–water partition coefficient (Wildman–Crippen LogP) is 4.15. The van der Waals surface area contributed by atoms with Crippen molar-refractivity contribution in [2.75, 3.05) is 13.1 Å². The van der Waals surface area contributed by atoms with Crippen molar-refractivity contribution in [1.29, 1.82) is 0 Å². The lowest BCUT2D eigenvalue weighted by molar-refractivity contribution is -0.140. The predicted molar refractivity (Wildman–Crippen MR) is 134 cm³/mol. The summed E-state index contributed by atoms with van der Waals surface area (Å²) in [5.41, 5.74) is 0.306. The van der Waals surface area contributed by atoms with Crippen molar-refractivity contribution >= 4 is 24.6 Å². The van der Waals surface area contributed by atoms with Gasteiger partial charge in [-0.1, -0.05) is 38.1 Å². The van der Waals surface area contributed by atoms with E-state index in [1.54, 1.807) is 4.90 Å². The van der Waals surface area contributed by atoms with Crippen LogP contribution in [0, 0.1) is 5.92 Å². The lowest BCUT2D eigenvalue weighted by Gasteiger charge is -2.46. The van der Waals surface area contributed by atoms with Gasteiger partial charge in [0.2, 0.25) is 5.91 Å². The highest BCUT2D eigenvalue weighted by Gasteiger charge is 2.52. The van der Waals surface area contributed by atoms with Gasteiger partial charge in [0, 0.05) is 25.0 Å². The Balaban J connectivity index is 1.96. The zero-order chi connectivity index (χ0) is 25.6. The summed E-state index contributed by atoms with van der Waals surface area (Å²) in [5.74, 6) is -0.0317. The number of rotatable bonds is 3. The number of hydrogen-bond acceptors (Lipinski definition) is 5. The SMILES string of the molecule is CC(C)C(=O)N1C[C@@H](c2cccc(B3OC(C)(C)C(C)(C)O3)c2)N(C(=O)OC(C)(C)C)C[C@H]1C. The largest absolute Gasteiger partial charge is 0.494 e. The van der Waals surface area contributed by atoms with Gasteiger partial charge >= 0.3 is 13.2 Å². The number of carbonyl (C=O) groups is 2. The molecule has 0 aromatic heterocycles. The second kappa shape index (κ2) is 9.19. The van der Waals surface area contributed by atoms with Crippen LogP contribution in [0.1, 0.15) is 80.8 Å².